The van der Waals surface area contributed by atoms with Gasteiger partial charge in [0.2, 0.25) is 0 Å². The highest BCUT2D eigenvalue weighted by Crippen LogP contribution is 2.24. The lowest BCUT2D eigenvalue weighted by Crippen LogP contribution is -2.37. The van der Waals surface area contributed by atoms with Crippen LogP contribution in [0.3, 0.4) is 0 Å². The second-order valence-corrected chi connectivity index (χ2v) is 1.98. The average molecular weight is 230 g/mol. The fraction of sp³-hybridized carbons (Fsp3) is 1.00. The topological polar surface area (TPSA) is 58.9 Å². The highest BCUT2D eigenvalue weighted by Gasteiger charge is 2.45. The molecule has 0 saturated carbocycles. The molecule has 0 bridgehead atoms. The van der Waals surface area contributed by atoms with Crippen molar-refractivity contribution in [1.82, 2.24) is 0 Å². The first-order valence-electron chi connectivity index (χ1n) is 2.87. The summed E-state index contributed by atoms with van der Waals surface area (Å²) in [5, 5.41) is 15.9. The predicted molar refractivity (Wildman–Crippen MR) is 26.3 cm³/mol. The molecule has 2 atom stereocenters. The van der Waals surface area contributed by atoms with Crippen LogP contribution in [0.1, 0.15) is 0 Å². The molecular formula is C4H4F6O4. The lowest BCUT2D eigenvalue weighted by atomic mass is 10.6. The van der Waals surface area contributed by atoms with Gasteiger partial charge in [0.05, 0.1) is 0 Å². The second-order valence-electron chi connectivity index (χ2n) is 1.98. The lowest BCUT2D eigenvalue weighted by molar-refractivity contribution is -0.493. The number of hydrogen-bond acceptors (Lipinski definition) is 4. The molecule has 0 fully saturated rings. The van der Waals surface area contributed by atoms with Crippen molar-refractivity contribution in [3.63, 3.8) is 0 Å². The van der Waals surface area contributed by atoms with Crippen LogP contribution >= 0.6 is 0 Å². The molecule has 0 rings (SSSR count). The van der Waals surface area contributed by atoms with E-state index in [1.807, 2.05) is 0 Å². The third kappa shape index (κ3) is 4.60. The van der Waals surface area contributed by atoms with Gasteiger partial charge < -0.3 is 10.2 Å². The highest BCUT2D eigenvalue weighted by atomic mass is 19.4. The minimum atomic E-state index is -5.30. The Bertz CT molecular complexity index is 156. The highest BCUT2D eigenvalue weighted by molar-refractivity contribution is 4.52. The molecule has 0 spiro atoms. The van der Waals surface area contributed by atoms with E-state index in [1.165, 1.54) is 0 Å². The van der Waals surface area contributed by atoms with E-state index in [2.05, 4.69) is 9.78 Å². The Morgan fingerprint density at radius 2 is 0.929 bits per heavy atom. The van der Waals surface area contributed by atoms with Gasteiger partial charge in [-0.05, 0) is 0 Å². The van der Waals surface area contributed by atoms with Gasteiger partial charge in [0.25, 0.3) is 12.6 Å². The fourth-order valence-electron chi connectivity index (χ4n) is 0.214. The fourth-order valence-corrected chi connectivity index (χ4v) is 0.214. The maximum atomic E-state index is 11.4. The standard InChI is InChI=1S/C4H4F6O4/c5-3(6,7)1(11)13-14-2(12)4(8,9)10/h1-2,11-12H. The molecule has 2 N–H and O–H groups in total. The first-order valence-corrected chi connectivity index (χ1v) is 2.87. The zero-order valence-electron chi connectivity index (χ0n) is 6.13. The van der Waals surface area contributed by atoms with E-state index >= 15 is 0 Å². The molecule has 0 saturated heterocycles. The van der Waals surface area contributed by atoms with E-state index in [0.717, 1.165) is 0 Å². The summed E-state index contributed by atoms with van der Waals surface area (Å²) in [6, 6.07) is 0. The van der Waals surface area contributed by atoms with Gasteiger partial charge in [0.15, 0.2) is 0 Å². The van der Waals surface area contributed by atoms with Crippen molar-refractivity contribution in [3.8, 4) is 0 Å². The molecule has 0 radical (unpaired) electrons. The van der Waals surface area contributed by atoms with Gasteiger partial charge in [-0.1, -0.05) is 0 Å². The van der Waals surface area contributed by atoms with Crippen LogP contribution in [0, 0.1) is 0 Å². The molecule has 0 aromatic carbocycles. The predicted octanol–water partition coefficient (Wildman–Crippen LogP) is 0.696. The summed E-state index contributed by atoms with van der Waals surface area (Å²) >= 11 is 0. The van der Waals surface area contributed by atoms with E-state index in [4.69, 9.17) is 10.2 Å². The zero-order valence-corrected chi connectivity index (χ0v) is 6.13. The summed E-state index contributed by atoms with van der Waals surface area (Å²) in [7, 11) is 0. The molecule has 0 aliphatic heterocycles. The Hall–Kier alpha value is -0.580. The summed E-state index contributed by atoms with van der Waals surface area (Å²) in [6.07, 6.45) is -17.7. The Balaban J connectivity index is 3.96. The monoisotopic (exact) mass is 230 g/mol. The smallest absolute Gasteiger partial charge is 0.359 e. The minimum Gasteiger partial charge on any atom is -0.359 e. The van der Waals surface area contributed by atoms with Crippen molar-refractivity contribution in [1.29, 1.82) is 0 Å². The maximum Gasteiger partial charge on any atom is 0.442 e. The summed E-state index contributed by atoms with van der Waals surface area (Å²) in [4.78, 5) is 5.71. The Morgan fingerprint density at radius 1 is 0.714 bits per heavy atom. The molecule has 0 aliphatic carbocycles. The van der Waals surface area contributed by atoms with Crippen molar-refractivity contribution >= 4 is 0 Å². The van der Waals surface area contributed by atoms with Crippen LogP contribution in [-0.4, -0.2) is 35.1 Å². The van der Waals surface area contributed by atoms with Gasteiger partial charge in [-0.2, -0.15) is 36.1 Å². The molecule has 86 valence electrons. The molecule has 2 unspecified atom stereocenters. The SMILES string of the molecule is OC(OOC(O)C(F)(F)F)C(F)(F)F. The van der Waals surface area contributed by atoms with Crippen molar-refractivity contribution in [2.75, 3.05) is 0 Å². The van der Waals surface area contributed by atoms with Crippen molar-refractivity contribution in [2.24, 2.45) is 0 Å². The second kappa shape index (κ2) is 4.29. The van der Waals surface area contributed by atoms with Gasteiger partial charge in [-0.15, -0.1) is 0 Å². The molecule has 0 aromatic heterocycles. The molecule has 4 nitrogen and oxygen atoms in total. The van der Waals surface area contributed by atoms with Gasteiger partial charge in [-0.3, -0.25) is 0 Å². The van der Waals surface area contributed by atoms with E-state index < -0.39 is 24.9 Å². The largest absolute Gasteiger partial charge is 0.442 e. The number of aliphatic hydroxyl groups excluding tert-OH is 2. The van der Waals surface area contributed by atoms with Crippen LogP contribution < -0.4 is 0 Å². The summed E-state index contributed by atoms with van der Waals surface area (Å²) in [6.45, 7) is 0. The number of alkyl halides is 6. The summed E-state index contributed by atoms with van der Waals surface area (Å²) < 4.78 is 68.3. The van der Waals surface area contributed by atoms with Crippen LogP contribution in [0.5, 0.6) is 0 Å². The third-order valence-corrected chi connectivity index (χ3v) is 0.798. The van der Waals surface area contributed by atoms with Crippen molar-refractivity contribution < 1.29 is 46.3 Å². The van der Waals surface area contributed by atoms with Crippen LogP contribution in [0.4, 0.5) is 26.3 Å². The Labute approximate surface area is 72.6 Å². The zero-order chi connectivity index (χ0) is 11.6. The average Bonchev–Trinajstić information content (AvgIpc) is 1.95. The quantitative estimate of drug-likeness (QED) is 0.324. The molecule has 0 heterocycles. The van der Waals surface area contributed by atoms with E-state index in [9.17, 15) is 26.3 Å². The van der Waals surface area contributed by atoms with Gasteiger partial charge in [0, 0.05) is 0 Å². The number of aliphatic hydroxyl groups is 2. The normalized spacial score (nSPS) is 18.0. The van der Waals surface area contributed by atoms with Crippen molar-refractivity contribution in [3.05, 3.63) is 0 Å². The first-order chi connectivity index (χ1) is 6.05. The molecule has 0 amide bonds. The number of rotatable bonds is 3. The molecule has 10 heteroatoms. The van der Waals surface area contributed by atoms with E-state index in [-0.39, 0.29) is 0 Å². The van der Waals surface area contributed by atoms with Crippen LogP contribution in [0.2, 0.25) is 0 Å². The van der Waals surface area contributed by atoms with Gasteiger partial charge >= 0.3 is 12.4 Å². The summed E-state index contributed by atoms with van der Waals surface area (Å²) in [5.74, 6) is 0. The maximum absolute atomic E-state index is 11.4. The van der Waals surface area contributed by atoms with E-state index in [1.54, 1.807) is 0 Å². The number of halogens is 6. The minimum absolute atomic E-state index is 2.86. The first kappa shape index (κ1) is 13.4. The lowest BCUT2D eigenvalue weighted by Gasteiger charge is -2.17. The van der Waals surface area contributed by atoms with Gasteiger partial charge in [-0.25, -0.2) is 0 Å². The van der Waals surface area contributed by atoms with Gasteiger partial charge in [0.1, 0.15) is 0 Å². The van der Waals surface area contributed by atoms with Crippen LogP contribution in [-0.2, 0) is 9.78 Å². The summed E-state index contributed by atoms with van der Waals surface area (Å²) in [5.41, 5.74) is 0. The third-order valence-electron chi connectivity index (χ3n) is 0.798. The van der Waals surface area contributed by atoms with Crippen LogP contribution in [0.25, 0.3) is 0 Å². The Kier molecular flexibility index (Phi) is 4.12. The van der Waals surface area contributed by atoms with E-state index in [0.29, 0.717) is 0 Å². The number of hydrogen-bond donors (Lipinski definition) is 2. The molecule has 14 heavy (non-hydrogen) atoms. The molecular weight excluding hydrogens is 226 g/mol. The van der Waals surface area contributed by atoms with Crippen molar-refractivity contribution in [2.45, 2.75) is 24.9 Å². The molecule has 0 aliphatic rings. The van der Waals surface area contributed by atoms with Crippen LogP contribution in [0.15, 0.2) is 0 Å². The molecule has 0 aromatic rings. The Morgan fingerprint density at radius 3 is 1.07 bits per heavy atom.